The minimum absolute atomic E-state index is 0.00892. The lowest BCUT2D eigenvalue weighted by molar-refractivity contribution is -0.143. The number of carbonyl (C=O) groups is 2. The molecule has 73 heavy (non-hydrogen) atoms. The molecule has 2 unspecified atom stereocenters. The fourth-order valence-corrected chi connectivity index (χ4v) is 10.7. The molecule has 3 N–H and O–H groups in total. The highest BCUT2D eigenvalue weighted by molar-refractivity contribution is 5.76. The standard InChI is InChI=1S/C67H131NO5/c1-3-5-7-9-11-13-15-17-19-21-23-27-31-35-39-43-47-51-55-59-65(70)64(63-69)68-66(71)60-56-52-48-44-40-36-32-28-25-26-30-34-38-42-46-50-54-58-62-73-67(72)61-57-53-49-45-41-37-33-29-24-22-20-18-16-14-12-10-8-6-4-2/h28,32,64-65,69-70H,3-27,29-31,33-63H2,1-2H3,(H,68,71)/b32-28-. The molecule has 1 amide bonds. The molecular weight excluding hydrogens is 899 g/mol. The van der Waals surface area contributed by atoms with E-state index in [9.17, 15) is 19.8 Å². The van der Waals surface area contributed by atoms with Gasteiger partial charge in [-0.3, -0.25) is 9.59 Å². The Bertz CT molecular complexity index is 1100. The van der Waals surface area contributed by atoms with Crippen molar-refractivity contribution in [3.05, 3.63) is 12.2 Å². The van der Waals surface area contributed by atoms with Crippen LogP contribution < -0.4 is 5.32 Å². The van der Waals surface area contributed by atoms with Gasteiger partial charge in [0.25, 0.3) is 0 Å². The smallest absolute Gasteiger partial charge is 0.305 e. The number of amides is 1. The first-order valence-corrected chi connectivity index (χ1v) is 33.4. The quantitative estimate of drug-likeness (QED) is 0.0320. The van der Waals surface area contributed by atoms with Gasteiger partial charge in [0.1, 0.15) is 0 Å². The summed E-state index contributed by atoms with van der Waals surface area (Å²) in [6, 6.07) is -0.552. The number of nitrogens with one attached hydrogen (secondary N) is 1. The third kappa shape index (κ3) is 59.7. The van der Waals surface area contributed by atoms with Crippen molar-refractivity contribution in [3.8, 4) is 0 Å². The molecule has 6 nitrogen and oxygen atoms in total. The molecule has 0 bridgehead atoms. The van der Waals surface area contributed by atoms with Crippen LogP contribution in [-0.4, -0.2) is 47.4 Å². The molecular formula is C67H131NO5. The van der Waals surface area contributed by atoms with E-state index in [0.717, 1.165) is 51.4 Å². The number of unbranched alkanes of at least 4 members (excludes halogenated alkanes) is 50. The fraction of sp³-hybridized carbons (Fsp3) is 0.940. The number of allylic oxidation sites excluding steroid dienone is 2. The van der Waals surface area contributed by atoms with Gasteiger partial charge in [0.15, 0.2) is 0 Å². The maximum absolute atomic E-state index is 12.5. The molecule has 0 saturated heterocycles. The molecule has 0 aromatic heterocycles. The molecule has 434 valence electrons. The summed E-state index contributed by atoms with van der Waals surface area (Å²) < 4.78 is 5.50. The number of esters is 1. The molecule has 0 saturated carbocycles. The SMILES string of the molecule is CCCCCCCCCCCCCCCCCCCCCC(=O)OCCCCCCCCCCC/C=C\CCCCCCCC(=O)NC(CO)C(O)CCCCCCCCCCCCCCCCCCCCC. The predicted octanol–water partition coefficient (Wildman–Crippen LogP) is 21.2. The van der Waals surface area contributed by atoms with Gasteiger partial charge in [0, 0.05) is 12.8 Å². The number of rotatable bonds is 63. The van der Waals surface area contributed by atoms with E-state index in [0.29, 0.717) is 25.9 Å². The zero-order valence-corrected chi connectivity index (χ0v) is 49.6. The van der Waals surface area contributed by atoms with Crippen molar-refractivity contribution < 1.29 is 24.5 Å². The van der Waals surface area contributed by atoms with Gasteiger partial charge >= 0.3 is 5.97 Å². The zero-order valence-electron chi connectivity index (χ0n) is 49.6. The predicted molar refractivity (Wildman–Crippen MR) is 320 cm³/mol. The second kappa shape index (κ2) is 63.1. The molecule has 0 radical (unpaired) electrons. The first kappa shape index (κ1) is 71.6. The summed E-state index contributed by atoms with van der Waals surface area (Å²) in [5.41, 5.74) is 0. The third-order valence-electron chi connectivity index (χ3n) is 15.8. The molecule has 0 rings (SSSR count). The van der Waals surface area contributed by atoms with Gasteiger partial charge < -0.3 is 20.3 Å². The molecule has 2 atom stereocenters. The van der Waals surface area contributed by atoms with Crippen LogP contribution in [0, 0.1) is 0 Å². The maximum atomic E-state index is 12.5. The largest absolute Gasteiger partial charge is 0.466 e. The number of ether oxygens (including phenoxy) is 1. The van der Waals surface area contributed by atoms with Crippen molar-refractivity contribution >= 4 is 11.9 Å². The minimum Gasteiger partial charge on any atom is -0.466 e. The van der Waals surface area contributed by atoms with Crippen molar-refractivity contribution in [1.82, 2.24) is 5.32 Å². The highest BCUT2D eigenvalue weighted by Gasteiger charge is 2.20. The highest BCUT2D eigenvalue weighted by atomic mass is 16.5. The summed E-state index contributed by atoms with van der Waals surface area (Å²) in [5.74, 6) is -0.0363. The Hall–Kier alpha value is -1.40. The normalized spacial score (nSPS) is 12.5. The molecule has 0 aliphatic rings. The Morgan fingerprint density at radius 2 is 0.644 bits per heavy atom. The van der Waals surface area contributed by atoms with Crippen LogP contribution in [0.1, 0.15) is 380 Å². The van der Waals surface area contributed by atoms with Gasteiger partial charge in [-0.05, 0) is 51.4 Å². The Morgan fingerprint density at radius 3 is 0.973 bits per heavy atom. The molecule has 0 aromatic rings. The molecule has 6 heteroatoms. The van der Waals surface area contributed by atoms with Crippen LogP contribution in [0.5, 0.6) is 0 Å². The Balaban J connectivity index is 3.41. The van der Waals surface area contributed by atoms with Gasteiger partial charge in [0.05, 0.1) is 25.4 Å². The van der Waals surface area contributed by atoms with Crippen molar-refractivity contribution in [1.29, 1.82) is 0 Å². The van der Waals surface area contributed by atoms with Gasteiger partial charge in [-0.15, -0.1) is 0 Å². The van der Waals surface area contributed by atoms with Crippen LogP contribution in [0.2, 0.25) is 0 Å². The zero-order chi connectivity index (χ0) is 52.9. The summed E-state index contributed by atoms with van der Waals surface area (Å²) in [4.78, 5) is 24.6. The van der Waals surface area contributed by atoms with E-state index in [1.807, 2.05) is 0 Å². The first-order chi connectivity index (χ1) is 36.0. The van der Waals surface area contributed by atoms with E-state index >= 15 is 0 Å². The van der Waals surface area contributed by atoms with Gasteiger partial charge in [0.2, 0.25) is 5.91 Å². The molecule has 0 fully saturated rings. The number of aliphatic hydroxyl groups is 2. The summed E-state index contributed by atoms with van der Waals surface area (Å²) >= 11 is 0. The molecule has 0 spiro atoms. The van der Waals surface area contributed by atoms with Crippen molar-refractivity contribution in [2.24, 2.45) is 0 Å². The van der Waals surface area contributed by atoms with E-state index < -0.39 is 12.1 Å². The minimum atomic E-state index is -0.673. The maximum Gasteiger partial charge on any atom is 0.305 e. The summed E-state index contributed by atoms with van der Waals surface area (Å²) in [7, 11) is 0. The lowest BCUT2D eigenvalue weighted by Gasteiger charge is -2.22. The van der Waals surface area contributed by atoms with Crippen molar-refractivity contribution in [3.63, 3.8) is 0 Å². The van der Waals surface area contributed by atoms with E-state index in [4.69, 9.17) is 4.74 Å². The topological polar surface area (TPSA) is 95.9 Å². The second-order valence-electron chi connectivity index (χ2n) is 23.2. The molecule has 0 aliphatic heterocycles. The summed E-state index contributed by atoms with van der Waals surface area (Å²) in [6.45, 7) is 4.98. The van der Waals surface area contributed by atoms with Crippen molar-refractivity contribution in [2.75, 3.05) is 13.2 Å². The van der Waals surface area contributed by atoms with Crippen LogP contribution in [0.4, 0.5) is 0 Å². The van der Waals surface area contributed by atoms with E-state index in [-0.39, 0.29) is 18.5 Å². The first-order valence-electron chi connectivity index (χ1n) is 33.4. The molecule has 0 aromatic carbocycles. The van der Waals surface area contributed by atoms with Gasteiger partial charge in [-0.25, -0.2) is 0 Å². The summed E-state index contributed by atoms with van der Waals surface area (Å²) in [6.07, 6.45) is 76.6. The Morgan fingerprint density at radius 1 is 0.370 bits per heavy atom. The van der Waals surface area contributed by atoms with Crippen LogP contribution in [0.3, 0.4) is 0 Å². The fourth-order valence-electron chi connectivity index (χ4n) is 10.7. The van der Waals surface area contributed by atoms with E-state index in [1.165, 1.54) is 295 Å². The number of hydrogen-bond acceptors (Lipinski definition) is 5. The lowest BCUT2D eigenvalue weighted by Crippen LogP contribution is -2.45. The van der Waals surface area contributed by atoms with E-state index in [2.05, 4.69) is 31.3 Å². The average Bonchev–Trinajstić information content (AvgIpc) is 3.39. The monoisotopic (exact) mass is 1030 g/mol. The van der Waals surface area contributed by atoms with Crippen molar-refractivity contribution in [2.45, 2.75) is 392 Å². The number of carbonyl (C=O) groups excluding carboxylic acids is 2. The molecule has 0 aliphatic carbocycles. The van der Waals surface area contributed by atoms with Crippen LogP contribution >= 0.6 is 0 Å². The number of hydrogen-bond donors (Lipinski definition) is 3. The highest BCUT2D eigenvalue weighted by Crippen LogP contribution is 2.19. The van der Waals surface area contributed by atoms with Crippen LogP contribution in [-0.2, 0) is 14.3 Å². The second-order valence-corrected chi connectivity index (χ2v) is 23.2. The average molecular weight is 1030 g/mol. The van der Waals surface area contributed by atoms with Gasteiger partial charge in [-0.1, -0.05) is 328 Å². The van der Waals surface area contributed by atoms with E-state index in [1.54, 1.807) is 0 Å². The van der Waals surface area contributed by atoms with Crippen LogP contribution in [0.15, 0.2) is 12.2 Å². The molecule has 0 heterocycles. The lowest BCUT2D eigenvalue weighted by atomic mass is 10.0. The third-order valence-corrected chi connectivity index (χ3v) is 15.8. The Kier molecular flexibility index (Phi) is 61.9. The summed E-state index contributed by atoms with van der Waals surface area (Å²) in [5, 5.41) is 23.4. The Labute approximate surface area is 457 Å². The van der Waals surface area contributed by atoms with Gasteiger partial charge in [-0.2, -0.15) is 0 Å². The van der Waals surface area contributed by atoms with Crippen LogP contribution in [0.25, 0.3) is 0 Å². The number of aliphatic hydroxyl groups excluding tert-OH is 2.